The van der Waals surface area contributed by atoms with Crippen LogP contribution in [0.15, 0.2) is 18.2 Å². The Balaban J connectivity index is 2.18. The first-order valence-electron chi connectivity index (χ1n) is 6.32. The molecule has 8 heteroatoms. The predicted octanol–water partition coefficient (Wildman–Crippen LogP) is -1.42. The number of aliphatic hydroxyl groups is 4. The highest BCUT2D eigenvalue weighted by molar-refractivity contribution is 5.45. The number of methoxy groups -OCH3 is 1. The van der Waals surface area contributed by atoms with Crippen LogP contribution in [-0.4, -0.2) is 70.0 Å². The van der Waals surface area contributed by atoms with E-state index < -0.39 is 37.3 Å². The smallest absolute Gasteiger partial charge is 0.229 e. The lowest BCUT2D eigenvalue weighted by Gasteiger charge is -2.39. The fraction of sp³-hybridized carbons (Fsp3) is 0.538. The van der Waals surface area contributed by atoms with Gasteiger partial charge in [-0.05, 0) is 12.1 Å². The third-order valence-corrected chi connectivity index (χ3v) is 3.24. The van der Waals surface area contributed by atoms with E-state index in [0.717, 1.165) is 0 Å². The van der Waals surface area contributed by atoms with E-state index >= 15 is 0 Å². The van der Waals surface area contributed by atoms with Gasteiger partial charge in [-0.25, -0.2) is 0 Å². The van der Waals surface area contributed by atoms with Crippen LogP contribution in [0.25, 0.3) is 0 Å². The highest BCUT2D eigenvalue weighted by atomic mass is 16.7. The number of hydrogen-bond acceptors (Lipinski definition) is 8. The van der Waals surface area contributed by atoms with Gasteiger partial charge in [-0.15, -0.1) is 0 Å². The molecule has 3 unspecified atom stereocenters. The van der Waals surface area contributed by atoms with Crippen molar-refractivity contribution in [2.24, 2.45) is 0 Å². The van der Waals surface area contributed by atoms with Gasteiger partial charge in [-0.3, -0.25) is 0 Å². The van der Waals surface area contributed by atoms with Crippen LogP contribution in [0.1, 0.15) is 0 Å². The van der Waals surface area contributed by atoms with E-state index in [1.807, 2.05) is 0 Å². The SMILES string of the molecule is COc1cc(O)ccc1OC1OC(CO)C(O)[C@H](O)[C@@H]1O. The van der Waals surface area contributed by atoms with Gasteiger partial charge in [0.1, 0.15) is 30.2 Å². The largest absolute Gasteiger partial charge is 0.508 e. The summed E-state index contributed by atoms with van der Waals surface area (Å²) >= 11 is 0. The molecule has 1 saturated heterocycles. The maximum atomic E-state index is 9.87. The van der Waals surface area contributed by atoms with Gasteiger partial charge in [0, 0.05) is 6.07 Å². The van der Waals surface area contributed by atoms with Crippen LogP contribution in [0.2, 0.25) is 0 Å². The highest BCUT2D eigenvalue weighted by Crippen LogP contribution is 2.33. The molecular formula is C13H18O8. The summed E-state index contributed by atoms with van der Waals surface area (Å²) in [6.45, 7) is -0.544. The number of ether oxygens (including phenoxy) is 3. The Hall–Kier alpha value is -1.58. The molecule has 0 spiro atoms. The van der Waals surface area contributed by atoms with E-state index in [0.29, 0.717) is 0 Å². The van der Waals surface area contributed by atoms with Gasteiger partial charge in [0.15, 0.2) is 11.5 Å². The minimum Gasteiger partial charge on any atom is -0.508 e. The van der Waals surface area contributed by atoms with Crippen LogP contribution in [-0.2, 0) is 4.74 Å². The summed E-state index contributed by atoms with van der Waals surface area (Å²) in [5.41, 5.74) is 0. The van der Waals surface area contributed by atoms with Crippen molar-refractivity contribution in [2.45, 2.75) is 30.7 Å². The van der Waals surface area contributed by atoms with Crippen molar-refractivity contribution in [3.8, 4) is 17.2 Å². The third kappa shape index (κ3) is 3.20. The maximum absolute atomic E-state index is 9.87. The molecule has 5 atom stereocenters. The summed E-state index contributed by atoms with van der Waals surface area (Å²) in [4.78, 5) is 0. The first-order valence-corrected chi connectivity index (χ1v) is 6.32. The zero-order chi connectivity index (χ0) is 15.6. The van der Waals surface area contributed by atoms with E-state index in [-0.39, 0.29) is 17.2 Å². The number of aromatic hydroxyl groups is 1. The van der Waals surface area contributed by atoms with Crippen LogP contribution in [0.5, 0.6) is 17.2 Å². The minimum absolute atomic E-state index is 0.0343. The average molecular weight is 302 g/mol. The van der Waals surface area contributed by atoms with Crippen molar-refractivity contribution in [1.29, 1.82) is 0 Å². The van der Waals surface area contributed by atoms with E-state index in [4.69, 9.17) is 19.3 Å². The second kappa shape index (κ2) is 6.46. The molecule has 21 heavy (non-hydrogen) atoms. The van der Waals surface area contributed by atoms with Crippen LogP contribution in [0.4, 0.5) is 0 Å². The molecule has 0 amide bonds. The predicted molar refractivity (Wildman–Crippen MR) is 69.1 cm³/mol. The number of phenols is 1. The monoisotopic (exact) mass is 302 g/mol. The molecule has 1 aliphatic rings. The van der Waals surface area contributed by atoms with Crippen LogP contribution in [0, 0.1) is 0 Å². The number of rotatable bonds is 4. The first kappa shape index (κ1) is 15.8. The fourth-order valence-corrected chi connectivity index (χ4v) is 2.04. The normalized spacial score (nSPS) is 32.7. The Morgan fingerprint density at radius 1 is 1.10 bits per heavy atom. The van der Waals surface area contributed by atoms with Crippen molar-refractivity contribution >= 4 is 0 Å². The van der Waals surface area contributed by atoms with Gasteiger partial charge in [0.25, 0.3) is 0 Å². The Labute approximate surface area is 120 Å². The molecule has 0 bridgehead atoms. The zero-order valence-corrected chi connectivity index (χ0v) is 11.3. The van der Waals surface area contributed by atoms with Gasteiger partial charge < -0.3 is 39.7 Å². The highest BCUT2D eigenvalue weighted by Gasteiger charge is 2.44. The molecule has 1 aromatic rings. The Morgan fingerprint density at radius 3 is 2.43 bits per heavy atom. The Kier molecular flexibility index (Phi) is 4.86. The summed E-state index contributed by atoms with van der Waals surface area (Å²) in [5.74, 6) is 0.333. The van der Waals surface area contributed by atoms with Gasteiger partial charge >= 0.3 is 0 Å². The standard InChI is InChI=1S/C13H18O8/c1-19-8-4-6(15)2-3-7(8)20-13-12(18)11(17)10(16)9(5-14)21-13/h2-4,9-18H,5H2,1H3/t9?,10?,11-,12-,13?/m0/s1. The lowest BCUT2D eigenvalue weighted by atomic mass is 9.99. The molecule has 8 nitrogen and oxygen atoms in total. The van der Waals surface area contributed by atoms with Crippen LogP contribution >= 0.6 is 0 Å². The van der Waals surface area contributed by atoms with E-state index in [9.17, 15) is 20.4 Å². The minimum atomic E-state index is -1.52. The fourth-order valence-electron chi connectivity index (χ4n) is 2.04. The second-order valence-electron chi connectivity index (χ2n) is 4.65. The number of hydrogen-bond donors (Lipinski definition) is 5. The summed E-state index contributed by atoms with van der Waals surface area (Å²) in [6, 6.07) is 4.05. The summed E-state index contributed by atoms with van der Waals surface area (Å²) in [6.07, 6.45) is -6.85. The summed E-state index contributed by atoms with van der Waals surface area (Å²) in [7, 11) is 1.37. The van der Waals surface area contributed by atoms with Crippen molar-refractivity contribution in [1.82, 2.24) is 0 Å². The van der Waals surface area contributed by atoms with E-state index in [1.165, 1.54) is 25.3 Å². The lowest BCUT2D eigenvalue weighted by molar-refractivity contribution is -0.277. The molecule has 5 N–H and O–H groups in total. The van der Waals surface area contributed by atoms with Crippen LogP contribution < -0.4 is 9.47 Å². The topological polar surface area (TPSA) is 129 Å². The number of aliphatic hydroxyl groups excluding tert-OH is 4. The molecule has 0 saturated carbocycles. The molecule has 1 heterocycles. The molecule has 0 aromatic heterocycles. The lowest BCUT2D eigenvalue weighted by Crippen LogP contribution is -2.60. The van der Waals surface area contributed by atoms with E-state index in [1.54, 1.807) is 0 Å². The van der Waals surface area contributed by atoms with Gasteiger partial charge in [0.05, 0.1) is 13.7 Å². The number of benzene rings is 1. The van der Waals surface area contributed by atoms with Crippen LogP contribution in [0.3, 0.4) is 0 Å². The quantitative estimate of drug-likeness (QED) is 0.458. The second-order valence-corrected chi connectivity index (χ2v) is 4.65. The molecule has 2 rings (SSSR count). The molecular weight excluding hydrogens is 284 g/mol. The van der Waals surface area contributed by atoms with Crippen molar-refractivity contribution in [3.05, 3.63) is 18.2 Å². The summed E-state index contributed by atoms with van der Waals surface area (Å²) < 4.78 is 15.6. The third-order valence-electron chi connectivity index (χ3n) is 3.24. The van der Waals surface area contributed by atoms with Gasteiger partial charge in [-0.2, -0.15) is 0 Å². The van der Waals surface area contributed by atoms with Crippen molar-refractivity contribution in [2.75, 3.05) is 13.7 Å². The average Bonchev–Trinajstić information content (AvgIpc) is 2.49. The van der Waals surface area contributed by atoms with Crippen molar-refractivity contribution < 1.29 is 39.7 Å². The van der Waals surface area contributed by atoms with Gasteiger partial charge in [0.2, 0.25) is 6.29 Å². The zero-order valence-electron chi connectivity index (χ0n) is 11.3. The van der Waals surface area contributed by atoms with Gasteiger partial charge in [-0.1, -0.05) is 0 Å². The first-order chi connectivity index (χ1) is 9.97. The van der Waals surface area contributed by atoms with Crippen molar-refractivity contribution in [3.63, 3.8) is 0 Å². The molecule has 118 valence electrons. The molecule has 1 fully saturated rings. The molecule has 1 aromatic carbocycles. The Bertz CT molecular complexity index is 477. The number of phenolic OH excluding ortho intramolecular Hbond substituents is 1. The molecule has 0 aliphatic carbocycles. The van der Waals surface area contributed by atoms with E-state index in [2.05, 4.69) is 0 Å². The maximum Gasteiger partial charge on any atom is 0.229 e. The molecule has 0 radical (unpaired) electrons. The molecule has 1 aliphatic heterocycles. The Morgan fingerprint density at radius 2 is 1.81 bits per heavy atom. The summed E-state index contributed by atoms with van der Waals surface area (Å²) in [5, 5.41) is 47.7.